The highest BCUT2D eigenvalue weighted by molar-refractivity contribution is 5.91. The minimum atomic E-state index is -0.985. The van der Waals surface area contributed by atoms with Crippen molar-refractivity contribution in [1.29, 1.82) is 0 Å². The van der Waals surface area contributed by atoms with Gasteiger partial charge in [0.25, 0.3) is 0 Å². The number of esters is 1. The summed E-state index contributed by atoms with van der Waals surface area (Å²) in [5, 5.41) is 11.6. The van der Waals surface area contributed by atoms with Gasteiger partial charge in [0.05, 0.1) is 18.2 Å². The zero-order chi connectivity index (χ0) is 29.8. The van der Waals surface area contributed by atoms with Crippen LogP contribution >= 0.6 is 0 Å². The number of hydrogen-bond donors (Lipinski definition) is 1. The van der Waals surface area contributed by atoms with Crippen molar-refractivity contribution in [2.75, 3.05) is 13.9 Å². The topological polar surface area (TPSA) is 125 Å². The number of methoxy groups -OCH3 is 1. The molecule has 1 N–H and O–H groups in total. The van der Waals surface area contributed by atoms with Crippen LogP contribution in [0.2, 0.25) is 0 Å². The summed E-state index contributed by atoms with van der Waals surface area (Å²) in [4.78, 5) is 42.1. The highest BCUT2D eigenvalue weighted by Gasteiger charge is 2.34. The normalized spacial score (nSPS) is 15.2. The van der Waals surface area contributed by atoms with Crippen molar-refractivity contribution in [1.82, 2.24) is 25.2 Å². The van der Waals surface area contributed by atoms with Crippen LogP contribution in [0.1, 0.15) is 59.6 Å². The molecule has 1 saturated carbocycles. The number of ether oxygens (including phenoxy) is 3. The van der Waals surface area contributed by atoms with E-state index in [-0.39, 0.29) is 37.7 Å². The first-order valence-electron chi connectivity index (χ1n) is 14.4. The lowest BCUT2D eigenvalue weighted by Gasteiger charge is -2.33. The standard InChI is InChI=1S/C32H33N5O6/c1-41-32(40)23-14-12-22(13-15-23)30(31(39)33-24-7-3-2-4-8-24)36(18-21-11-16-27-28(17-21)43-20-42-27)29(38)19-37-26-10-6-5-9-25(26)34-35-37/h5-6,9-17,24,30H,2-4,7-8,18-20H2,1H3,(H,33,39)/t30-/m0/s1. The Kier molecular flexibility index (Phi) is 8.21. The maximum atomic E-state index is 14.3. The van der Waals surface area contributed by atoms with Crippen LogP contribution in [0, 0.1) is 0 Å². The summed E-state index contributed by atoms with van der Waals surface area (Å²) < 4.78 is 17.5. The van der Waals surface area contributed by atoms with Crippen molar-refractivity contribution in [3.8, 4) is 11.5 Å². The van der Waals surface area contributed by atoms with Gasteiger partial charge in [-0.15, -0.1) is 5.10 Å². The molecule has 1 aliphatic heterocycles. The van der Waals surface area contributed by atoms with E-state index in [9.17, 15) is 14.4 Å². The maximum Gasteiger partial charge on any atom is 0.337 e. The first-order chi connectivity index (χ1) is 21.0. The number of para-hydroxylation sites is 1. The van der Waals surface area contributed by atoms with Crippen LogP contribution in [-0.2, 0) is 27.4 Å². The molecular formula is C32H33N5O6. The third-order valence-corrected chi connectivity index (χ3v) is 7.97. The fraction of sp³-hybridized carbons (Fsp3) is 0.344. The first-order valence-corrected chi connectivity index (χ1v) is 14.4. The van der Waals surface area contributed by atoms with Gasteiger partial charge in [0.1, 0.15) is 18.1 Å². The minimum absolute atomic E-state index is 0.0276. The predicted molar refractivity (Wildman–Crippen MR) is 156 cm³/mol. The van der Waals surface area contributed by atoms with Gasteiger partial charge in [-0.2, -0.15) is 0 Å². The van der Waals surface area contributed by atoms with E-state index < -0.39 is 12.0 Å². The number of carbonyl (C=O) groups excluding carboxylic acids is 3. The molecule has 3 aromatic carbocycles. The average molecular weight is 584 g/mol. The quantitative estimate of drug-likeness (QED) is 0.291. The number of fused-ring (bicyclic) bond motifs is 2. The smallest absolute Gasteiger partial charge is 0.337 e. The van der Waals surface area contributed by atoms with E-state index in [1.165, 1.54) is 7.11 Å². The number of amides is 2. The summed E-state index contributed by atoms with van der Waals surface area (Å²) in [7, 11) is 1.32. The lowest BCUT2D eigenvalue weighted by molar-refractivity contribution is -0.142. The highest BCUT2D eigenvalue weighted by atomic mass is 16.7. The third-order valence-electron chi connectivity index (χ3n) is 7.97. The van der Waals surface area contributed by atoms with Gasteiger partial charge in [0.2, 0.25) is 18.6 Å². The Balaban J connectivity index is 1.38. The van der Waals surface area contributed by atoms with Gasteiger partial charge in [-0.05, 0) is 60.4 Å². The van der Waals surface area contributed by atoms with Crippen molar-refractivity contribution in [3.63, 3.8) is 0 Å². The van der Waals surface area contributed by atoms with E-state index in [0.717, 1.165) is 37.7 Å². The van der Waals surface area contributed by atoms with E-state index in [1.807, 2.05) is 36.4 Å². The summed E-state index contributed by atoms with van der Waals surface area (Å²) in [6, 6.07) is 18.5. The molecule has 2 aliphatic rings. The van der Waals surface area contributed by atoms with Crippen molar-refractivity contribution in [3.05, 3.63) is 83.4 Å². The van der Waals surface area contributed by atoms with Gasteiger partial charge < -0.3 is 24.4 Å². The number of nitrogens with zero attached hydrogens (tertiary/aromatic N) is 4. The lowest BCUT2D eigenvalue weighted by atomic mass is 9.94. The predicted octanol–water partition coefficient (Wildman–Crippen LogP) is 4.17. The van der Waals surface area contributed by atoms with E-state index in [0.29, 0.717) is 33.7 Å². The Labute approximate surface area is 248 Å². The number of aromatic nitrogens is 3. The van der Waals surface area contributed by atoms with Crippen LogP contribution in [-0.4, -0.2) is 57.6 Å². The number of nitrogens with one attached hydrogen (secondary N) is 1. The summed E-state index contributed by atoms with van der Waals surface area (Å²) in [6.07, 6.45) is 5.01. The van der Waals surface area contributed by atoms with Crippen LogP contribution in [0.25, 0.3) is 11.0 Å². The Morgan fingerprint density at radius 1 is 1.00 bits per heavy atom. The van der Waals surface area contributed by atoms with E-state index in [4.69, 9.17) is 14.2 Å². The lowest BCUT2D eigenvalue weighted by Crippen LogP contribution is -2.47. The molecule has 4 aromatic rings. The minimum Gasteiger partial charge on any atom is -0.465 e. The van der Waals surface area contributed by atoms with Gasteiger partial charge in [0.15, 0.2) is 11.5 Å². The van der Waals surface area contributed by atoms with Crippen LogP contribution < -0.4 is 14.8 Å². The second-order valence-corrected chi connectivity index (χ2v) is 10.8. The molecule has 2 amide bonds. The summed E-state index contributed by atoms with van der Waals surface area (Å²) in [6.45, 7) is 0.113. The second kappa shape index (κ2) is 12.5. The van der Waals surface area contributed by atoms with E-state index in [1.54, 1.807) is 39.9 Å². The van der Waals surface area contributed by atoms with Crippen molar-refractivity contribution in [2.45, 2.75) is 57.3 Å². The largest absolute Gasteiger partial charge is 0.465 e. The molecule has 11 nitrogen and oxygen atoms in total. The molecule has 0 spiro atoms. The monoisotopic (exact) mass is 583 g/mol. The number of rotatable bonds is 9. The molecule has 0 radical (unpaired) electrons. The van der Waals surface area contributed by atoms with E-state index in [2.05, 4.69) is 15.6 Å². The molecule has 0 unspecified atom stereocenters. The van der Waals surface area contributed by atoms with E-state index >= 15 is 0 Å². The number of hydrogen-bond acceptors (Lipinski definition) is 8. The Hall–Kier alpha value is -4.93. The van der Waals surface area contributed by atoms with Crippen molar-refractivity contribution >= 4 is 28.8 Å². The molecule has 2 heterocycles. The molecule has 43 heavy (non-hydrogen) atoms. The summed E-state index contributed by atoms with van der Waals surface area (Å²) in [5.41, 5.74) is 3.06. The molecule has 1 aliphatic carbocycles. The van der Waals surface area contributed by atoms with Gasteiger partial charge in [0, 0.05) is 12.6 Å². The number of carbonyl (C=O) groups is 3. The van der Waals surface area contributed by atoms with Gasteiger partial charge in [-0.1, -0.05) is 54.8 Å². The SMILES string of the molecule is COC(=O)c1ccc([C@@H](C(=O)NC2CCCCC2)N(Cc2ccc3c(c2)OCO3)C(=O)Cn2nnc3ccccc32)cc1. The number of benzene rings is 3. The zero-order valence-corrected chi connectivity index (χ0v) is 23.9. The fourth-order valence-corrected chi connectivity index (χ4v) is 5.73. The van der Waals surface area contributed by atoms with Crippen LogP contribution in [0.5, 0.6) is 11.5 Å². The van der Waals surface area contributed by atoms with Crippen molar-refractivity contribution in [2.24, 2.45) is 0 Å². The third kappa shape index (κ3) is 6.15. The molecule has 222 valence electrons. The van der Waals surface area contributed by atoms with Gasteiger partial charge in [-0.3, -0.25) is 9.59 Å². The van der Waals surface area contributed by atoms with Crippen molar-refractivity contribution < 1.29 is 28.6 Å². The fourth-order valence-electron chi connectivity index (χ4n) is 5.73. The average Bonchev–Trinajstić information content (AvgIpc) is 3.68. The van der Waals surface area contributed by atoms with Gasteiger partial charge in [-0.25, -0.2) is 9.48 Å². The summed E-state index contributed by atoms with van der Waals surface area (Å²) >= 11 is 0. The summed E-state index contributed by atoms with van der Waals surface area (Å²) in [5.74, 6) is 0.115. The molecule has 1 aromatic heterocycles. The highest BCUT2D eigenvalue weighted by Crippen LogP contribution is 2.34. The Morgan fingerprint density at radius 3 is 2.56 bits per heavy atom. The molecular weight excluding hydrogens is 550 g/mol. The Morgan fingerprint density at radius 2 is 1.77 bits per heavy atom. The van der Waals surface area contributed by atoms with Crippen LogP contribution in [0.15, 0.2) is 66.7 Å². The maximum absolute atomic E-state index is 14.3. The van der Waals surface area contributed by atoms with Crippen LogP contribution in [0.3, 0.4) is 0 Å². The Bertz CT molecular complexity index is 1630. The first kappa shape index (κ1) is 28.2. The zero-order valence-electron chi connectivity index (χ0n) is 23.9. The molecule has 6 rings (SSSR count). The molecule has 11 heteroatoms. The second-order valence-electron chi connectivity index (χ2n) is 10.8. The molecule has 1 fully saturated rings. The van der Waals surface area contributed by atoms with Gasteiger partial charge >= 0.3 is 5.97 Å². The molecule has 0 saturated heterocycles. The molecule has 0 bridgehead atoms. The van der Waals surface area contributed by atoms with Crippen LogP contribution in [0.4, 0.5) is 0 Å². The molecule has 1 atom stereocenters.